The highest BCUT2D eigenvalue weighted by molar-refractivity contribution is 7.85. The van der Waals surface area contributed by atoms with E-state index >= 15 is 0 Å². The van der Waals surface area contributed by atoms with Crippen LogP contribution in [0.5, 0.6) is 0 Å². The van der Waals surface area contributed by atoms with Crippen LogP contribution in [0.2, 0.25) is 0 Å². The minimum absolute atomic E-state index is 0.470. The molecule has 1 spiro atoms. The summed E-state index contributed by atoms with van der Waals surface area (Å²) in [5, 5.41) is 0. The van der Waals surface area contributed by atoms with Crippen molar-refractivity contribution in [3.63, 3.8) is 0 Å². The van der Waals surface area contributed by atoms with E-state index in [0.29, 0.717) is 5.41 Å². The molecule has 16 heavy (non-hydrogen) atoms. The van der Waals surface area contributed by atoms with Crippen molar-refractivity contribution in [3.05, 3.63) is 0 Å². The summed E-state index contributed by atoms with van der Waals surface area (Å²) < 4.78 is 11.6. The Labute approximate surface area is 100 Å². The second kappa shape index (κ2) is 3.32. The summed E-state index contributed by atoms with van der Waals surface area (Å²) in [6, 6.07) is 0.900. The van der Waals surface area contributed by atoms with E-state index in [1.54, 1.807) is 0 Å². The first-order valence-corrected chi connectivity index (χ1v) is 8.32. The lowest BCUT2D eigenvalue weighted by atomic mass is 9.87. The summed E-state index contributed by atoms with van der Waals surface area (Å²) in [6.07, 6.45) is 7.04. The van der Waals surface area contributed by atoms with Crippen LogP contribution in [0.15, 0.2) is 0 Å². The Kier molecular flexibility index (Phi) is 2.09. The highest BCUT2D eigenvalue weighted by atomic mass is 32.2. The maximum absolute atomic E-state index is 11.6. The molecule has 0 radical (unpaired) electrons. The maximum atomic E-state index is 11.6. The number of fused-ring (bicyclic) bond motifs is 1. The smallest absolute Gasteiger partial charge is 0.0304 e. The molecule has 0 N–H and O–H groups in total. The molecule has 90 valence electrons. The molecule has 0 aromatic carbocycles. The summed E-state index contributed by atoms with van der Waals surface area (Å²) in [5.41, 5.74) is 0.470. The van der Waals surface area contributed by atoms with E-state index in [2.05, 4.69) is 4.90 Å². The van der Waals surface area contributed by atoms with Crippen LogP contribution in [-0.2, 0) is 10.8 Å². The molecule has 4 rings (SSSR count). The van der Waals surface area contributed by atoms with Gasteiger partial charge < -0.3 is 0 Å². The van der Waals surface area contributed by atoms with E-state index in [-0.39, 0.29) is 0 Å². The Morgan fingerprint density at radius 2 is 1.94 bits per heavy atom. The van der Waals surface area contributed by atoms with Crippen LogP contribution in [-0.4, -0.2) is 39.7 Å². The molecule has 2 unspecified atom stereocenters. The SMILES string of the molecule is O=S1CC[C@]2(CCN(C3C[C@@H]4C[C@@H]4C3)C2)C1. The number of hydrogen-bond acceptors (Lipinski definition) is 2. The largest absolute Gasteiger partial charge is 0.300 e. The van der Waals surface area contributed by atoms with Gasteiger partial charge in [-0.05, 0) is 55.9 Å². The Hall–Kier alpha value is 0.110. The van der Waals surface area contributed by atoms with E-state index in [1.165, 1.54) is 45.2 Å². The van der Waals surface area contributed by atoms with Crippen LogP contribution in [0.3, 0.4) is 0 Å². The summed E-state index contributed by atoms with van der Waals surface area (Å²) in [7, 11) is -0.493. The summed E-state index contributed by atoms with van der Waals surface area (Å²) in [5.74, 6) is 4.17. The van der Waals surface area contributed by atoms with Crippen LogP contribution in [0, 0.1) is 17.3 Å². The Morgan fingerprint density at radius 3 is 2.62 bits per heavy atom. The van der Waals surface area contributed by atoms with Crippen LogP contribution in [0.1, 0.15) is 32.1 Å². The van der Waals surface area contributed by atoms with Gasteiger partial charge in [-0.1, -0.05) is 0 Å². The van der Waals surface area contributed by atoms with Crippen molar-refractivity contribution in [3.8, 4) is 0 Å². The molecule has 2 aliphatic heterocycles. The maximum Gasteiger partial charge on any atom is 0.0304 e. The number of likely N-dealkylation sites (tertiary alicyclic amines) is 1. The van der Waals surface area contributed by atoms with Crippen molar-refractivity contribution in [2.45, 2.75) is 38.1 Å². The van der Waals surface area contributed by atoms with E-state index in [1.807, 2.05) is 0 Å². The number of rotatable bonds is 1. The molecule has 2 aliphatic carbocycles. The fourth-order valence-electron chi connectivity index (χ4n) is 4.40. The minimum Gasteiger partial charge on any atom is -0.300 e. The van der Waals surface area contributed by atoms with Gasteiger partial charge in [-0.25, -0.2) is 0 Å². The molecule has 4 fully saturated rings. The van der Waals surface area contributed by atoms with Gasteiger partial charge in [0.25, 0.3) is 0 Å². The lowest BCUT2D eigenvalue weighted by Crippen LogP contribution is -2.35. The zero-order chi connectivity index (χ0) is 10.8. The van der Waals surface area contributed by atoms with Gasteiger partial charge in [0, 0.05) is 34.9 Å². The fraction of sp³-hybridized carbons (Fsp3) is 1.00. The van der Waals surface area contributed by atoms with E-state index in [4.69, 9.17) is 0 Å². The van der Waals surface area contributed by atoms with Crippen molar-refractivity contribution in [1.29, 1.82) is 0 Å². The monoisotopic (exact) mass is 239 g/mol. The van der Waals surface area contributed by atoms with E-state index in [9.17, 15) is 4.21 Å². The van der Waals surface area contributed by atoms with Crippen molar-refractivity contribution < 1.29 is 4.21 Å². The summed E-state index contributed by atoms with van der Waals surface area (Å²) in [4.78, 5) is 2.74. The zero-order valence-electron chi connectivity index (χ0n) is 9.86. The molecule has 4 aliphatic rings. The van der Waals surface area contributed by atoms with E-state index < -0.39 is 10.8 Å². The van der Waals surface area contributed by atoms with Gasteiger partial charge in [-0.2, -0.15) is 0 Å². The average molecular weight is 239 g/mol. The molecular formula is C13H21NOS. The first-order valence-electron chi connectivity index (χ1n) is 6.83. The second-order valence-electron chi connectivity index (χ2n) is 6.64. The first kappa shape index (κ1) is 10.1. The predicted molar refractivity (Wildman–Crippen MR) is 65.7 cm³/mol. The van der Waals surface area contributed by atoms with Crippen molar-refractivity contribution in [2.24, 2.45) is 17.3 Å². The van der Waals surface area contributed by atoms with Crippen LogP contribution < -0.4 is 0 Å². The molecule has 5 atom stereocenters. The fourth-order valence-corrected chi connectivity index (χ4v) is 6.27. The molecule has 3 heteroatoms. The number of nitrogens with zero attached hydrogens (tertiary/aromatic N) is 1. The number of hydrogen-bond donors (Lipinski definition) is 0. The van der Waals surface area contributed by atoms with Gasteiger partial charge in [0.05, 0.1) is 0 Å². The van der Waals surface area contributed by atoms with Gasteiger partial charge in [0.15, 0.2) is 0 Å². The Balaban J connectivity index is 1.43. The van der Waals surface area contributed by atoms with Gasteiger partial charge >= 0.3 is 0 Å². The van der Waals surface area contributed by atoms with Crippen molar-refractivity contribution >= 4 is 10.8 Å². The lowest BCUT2D eigenvalue weighted by Gasteiger charge is -2.27. The van der Waals surface area contributed by atoms with Crippen molar-refractivity contribution in [1.82, 2.24) is 4.90 Å². The standard InChI is InChI=1S/C13H21NOS/c15-16-4-2-13(9-16)1-3-14(8-13)12-6-10-5-11(10)7-12/h10-12H,1-9H2/t10-,11+,12?,13-,16?/m0/s1. The highest BCUT2D eigenvalue weighted by Gasteiger charge is 2.51. The van der Waals surface area contributed by atoms with Gasteiger partial charge in [0.1, 0.15) is 0 Å². The summed E-state index contributed by atoms with van der Waals surface area (Å²) in [6.45, 7) is 2.56. The molecule has 0 aromatic rings. The quantitative estimate of drug-likeness (QED) is 0.693. The van der Waals surface area contributed by atoms with Gasteiger partial charge in [0.2, 0.25) is 0 Å². The molecular weight excluding hydrogens is 218 g/mol. The highest BCUT2D eigenvalue weighted by Crippen LogP contribution is 2.54. The first-order chi connectivity index (χ1) is 7.74. The molecule has 0 bridgehead atoms. The van der Waals surface area contributed by atoms with Crippen LogP contribution >= 0.6 is 0 Å². The predicted octanol–water partition coefficient (Wildman–Crippen LogP) is 1.63. The molecule has 0 aromatic heterocycles. The topological polar surface area (TPSA) is 20.3 Å². The van der Waals surface area contributed by atoms with Crippen LogP contribution in [0.4, 0.5) is 0 Å². The molecule has 2 saturated heterocycles. The van der Waals surface area contributed by atoms with Crippen LogP contribution in [0.25, 0.3) is 0 Å². The molecule has 2 heterocycles. The molecule has 0 amide bonds. The third kappa shape index (κ3) is 1.51. The third-order valence-electron chi connectivity index (χ3n) is 5.53. The third-order valence-corrected chi connectivity index (χ3v) is 7.12. The molecule has 2 saturated carbocycles. The second-order valence-corrected chi connectivity index (χ2v) is 8.22. The molecule has 2 nitrogen and oxygen atoms in total. The van der Waals surface area contributed by atoms with Crippen molar-refractivity contribution in [2.75, 3.05) is 24.6 Å². The van der Waals surface area contributed by atoms with E-state index in [0.717, 1.165) is 29.4 Å². The minimum atomic E-state index is -0.493. The Bertz CT molecular complexity index is 335. The zero-order valence-corrected chi connectivity index (χ0v) is 10.7. The average Bonchev–Trinajstić information content (AvgIpc) is 2.73. The lowest BCUT2D eigenvalue weighted by molar-refractivity contribution is 0.203. The Morgan fingerprint density at radius 1 is 1.12 bits per heavy atom. The van der Waals surface area contributed by atoms with Gasteiger partial charge in [-0.15, -0.1) is 0 Å². The van der Waals surface area contributed by atoms with Gasteiger partial charge in [-0.3, -0.25) is 9.11 Å². The normalized spacial score (nSPS) is 56.0. The summed E-state index contributed by atoms with van der Waals surface area (Å²) >= 11 is 0.